The Morgan fingerprint density at radius 3 is 2.21 bits per heavy atom. The maximum Gasteiger partial charge on any atom is 0.240 e. The van der Waals surface area contributed by atoms with Crippen molar-refractivity contribution in [3.63, 3.8) is 0 Å². The van der Waals surface area contributed by atoms with Gasteiger partial charge in [0, 0.05) is 18.3 Å². The first-order valence-corrected chi connectivity index (χ1v) is 9.64. The molecule has 0 radical (unpaired) electrons. The molecule has 0 fully saturated rings. The summed E-state index contributed by atoms with van der Waals surface area (Å²) in [5.74, 6) is -0.562. The van der Waals surface area contributed by atoms with E-state index in [1.165, 1.54) is 4.90 Å². The van der Waals surface area contributed by atoms with Crippen molar-refractivity contribution in [2.24, 2.45) is 0 Å². The number of hydrogen-bond donors (Lipinski definition) is 2. The Morgan fingerprint density at radius 2 is 1.64 bits per heavy atom. The number of carbonyl (C=O) groups excluding carboxylic acids is 3. The van der Waals surface area contributed by atoms with Gasteiger partial charge in [-0.3, -0.25) is 19.3 Å². The van der Waals surface area contributed by atoms with E-state index in [0.717, 1.165) is 17.7 Å². The molecule has 3 amide bonds. The zero-order valence-electron chi connectivity index (χ0n) is 18.0. The molecule has 2 N–H and O–H groups in total. The standard InChI is InChI=1S/C21H34N4O3/c1-7-12-25(14-18(26)22-17-11-9-8-10-16(17)2)15-20(28)24(6)13-19(27)23-21(3,4)5/h8-11H,7,12-15H2,1-6H3,(H,22,26)(H,23,27). The fraction of sp³-hybridized carbons (Fsp3) is 0.571. The number of para-hydroxylation sites is 1. The van der Waals surface area contributed by atoms with E-state index in [-0.39, 0.29) is 42.9 Å². The minimum absolute atomic E-state index is 0.00846. The van der Waals surface area contributed by atoms with Crippen molar-refractivity contribution in [1.82, 2.24) is 15.1 Å². The van der Waals surface area contributed by atoms with Gasteiger partial charge in [0.15, 0.2) is 0 Å². The van der Waals surface area contributed by atoms with Crippen LogP contribution in [-0.4, -0.2) is 66.3 Å². The number of hydrogen-bond acceptors (Lipinski definition) is 4. The Kier molecular flexibility index (Phi) is 9.12. The first kappa shape index (κ1) is 23.6. The number of nitrogens with one attached hydrogen (secondary N) is 2. The molecule has 1 aromatic carbocycles. The Labute approximate surface area is 168 Å². The number of rotatable bonds is 9. The Balaban J connectivity index is 2.60. The van der Waals surface area contributed by atoms with Crippen LogP contribution in [-0.2, 0) is 14.4 Å². The van der Waals surface area contributed by atoms with Crippen LogP contribution in [0.15, 0.2) is 24.3 Å². The van der Waals surface area contributed by atoms with E-state index < -0.39 is 0 Å². The van der Waals surface area contributed by atoms with Gasteiger partial charge >= 0.3 is 0 Å². The highest BCUT2D eigenvalue weighted by molar-refractivity contribution is 5.93. The van der Waals surface area contributed by atoms with Crippen LogP contribution in [0.5, 0.6) is 0 Å². The second kappa shape index (κ2) is 10.8. The highest BCUT2D eigenvalue weighted by atomic mass is 16.2. The predicted molar refractivity (Wildman–Crippen MR) is 112 cm³/mol. The maximum atomic E-state index is 12.5. The molecule has 0 atom stereocenters. The highest BCUT2D eigenvalue weighted by Gasteiger charge is 2.20. The van der Waals surface area contributed by atoms with E-state index in [9.17, 15) is 14.4 Å². The van der Waals surface area contributed by atoms with E-state index in [1.54, 1.807) is 11.9 Å². The molecule has 0 saturated heterocycles. The fourth-order valence-corrected chi connectivity index (χ4v) is 2.71. The summed E-state index contributed by atoms with van der Waals surface area (Å²) in [4.78, 5) is 40.1. The van der Waals surface area contributed by atoms with Gasteiger partial charge < -0.3 is 15.5 Å². The van der Waals surface area contributed by atoms with Crippen LogP contribution in [0.1, 0.15) is 39.7 Å². The summed E-state index contributed by atoms with van der Waals surface area (Å²) in [6, 6.07) is 7.57. The quantitative estimate of drug-likeness (QED) is 0.676. The van der Waals surface area contributed by atoms with E-state index in [2.05, 4.69) is 10.6 Å². The molecule has 7 heteroatoms. The minimum Gasteiger partial charge on any atom is -0.350 e. The number of anilines is 1. The summed E-state index contributed by atoms with van der Waals surface area (Å²) < 4.78 is 0. The lowest BCUT2D eigenvalue weighted by Crippen LogP contribution is -2.48. The van der Waals surface area contributed by atoms with Gasteiger partial charge in [-0.15, -0.1) is 0 Å². The van der Waals surface area contributed by atoms with Crippen molar-refractivity contribution in [1.29, 1.82) is 0 Å². The van der Waals surface area contributed by atoms with E-state index in [1.807, 2.05) is 58.9 Å². The van der Waals surface area contributed by atoms with Crippen molar-refractivity contribution >= 4 is 23.4 Å². The Bertz CT molecular complexity index is 682. The van der Waals surface area contributed by atoms with Gasteiger partial charge in [-0.1, -0.05) is 25.1 Å². The normalized spacial score (nSPS) is 11.2. The molecule has 1 aromatic rings. The summed E-state index contributed by atoms with van der Waals surface area (Å²) in [6.07, 6.45) is 0.819. The topological polar surface area (TPSA) is 81.8 Å². The van der Waals surface area contributed by atoms with E-state index >= 15 is 0 Å². The maximum absolute atomic E-state index is 12.5. The third-order valence-corrected chi connectivity index (χ3v) is 4.01. The Morgan fingerprint density at radius 1 is 1.00 bits per heavy atom. The minimum atomic E-state index is -0.344. The number of carbonyl (C=O) groups is 3. The van der Waals surface area contributed by atoms with Crippen molar-refractivity contribution in [3.8, 4) is 0 Å². The highest BCUT2D eigenvalue weighted by Crippen LogP contribution is 2.13. The van der Waals surface area contributed by atoms with Gasteiger partial charge in [0.2, 0.25) is 17.7 Å². The number of likely N-dealkylation sites (N-methyl/N-ethyl adjacent to an activating group) is 1. The third kappa shape index (κ3) is 8.99. The smallest absolute Gasteiger partial charge is 0.240 e. The first-order valence-electron chi connectivity index (χ1n) is 9.64. The average Bonchev–Trinajstić information content (AvgIpc) is 2.55. The molecule has 0 aromatic heterocycles. The van der Waals surface area contributed by atoms with Crippen molar-refractivity contribution in [2.75, 3.05) is 38.5 Å². The zero-order chi connectivity index (χ0) is 21.3. The lowest BCUT2D eigenvalue weighted by Gasteiger charge is -2.26. The first-order chi connectivity index (χ1) is 13.0. The average molecular weight is 391 g/mol. The monoisotopic (exact) mass is 390 g/mol. The molecule has 1 rings (SSSR count). The number of amides is 3. The van der Waals surface area contributed by atoms with Crippen LogP contribution in [0.2, 0.25) is 0 Å². The largest absolute Gasteiger partial charge is 0.350 e. The van der Waals surface area contributed by atoms with Gasteiger partial charge in [-0.05, 0) is 52.3 Å². The van der Waals surface area contributed by atoms with Crippen molar-refractivity contribution in [2.45, 2.75) is 46.6 Å². The van der Waals surface area contributed by atoms with Gasteiger partial charge in [0.25, 0.3) is 0 Å². The zero-order valence-corrected chi connectivity index (χ0v) is 18.0. The van der Waals surface area contributed by atoms with Crippen molar-refractivity contribution in [3.05, 3.63) is 29.8 Å². The lowest BCUT2D eigenvalue weighted by molar-refractivity contribution is -0.136. The molecular formula is C21H34N4O3. The SMILES string of the molecule is CCCN(CC(=O)Nc1ccccc1C)CC(=O)N(C)CC(=O)NC(C)(C)C. The van der Waals surface area contributed by atoms with Gasteiger partial charge in [0.05, 0.1) is 19.6 Å². The fourth-order valence-electron chi connectivity index (χ4n) is 2.71. The molecule has 0 saturated carbocycles. The van der Waals surface area contributed by atoms with Gasteiger partial charge in [0.1, 0.15) is 0 Å². The second-order valence-electron chi connectivity index (χ2n) is 8.12. The van der Waals surface area contributed by atoms with E-state index in [0.29, 0.717) is 6.54 Å². The number of nitrogens with zero attached hydrogens (tertiary/aromatic N) is 2. The molecule has 0 unspecified atom stereocenters. The number of benzene rings is 1. The van der Waals surface area contributed by atoms with Crippen LogP contribution < -0.4 is 10.6 Å². The summed E-state index contributed by atoms with van der Waals surface area (Å²) >= 11 is 0. The molecule has 0 heterocycles. The second-order valence-corrected chi connectivity index (χ2v) is 8.12. The summed E-state index contributed by atoms with van der Waals surface area (Å²) in [7, 11) is 1.60. The molecule has 0 spiro atoms. The van der Waals surface area contributed by atoms with Crippen LogP contribution in [0.25, 0.3) is 0 Å². The van der Waals surface area contributed by atoms with Crippen LogP contribution >= 0.6 is 0 Å². The number of aryl methyl sites for hydroxylation is 1. The van der Waals surface area contributed by atoms with Gasteiger partial charge in [-0.2, -0.15) is 0 Å². The predicted octanol–water partition coefficient (Wildman–Crippen LogP) is 2.02. The summed E-state index contributed by atoms with van der Waals surface area (Å²) in [5.41, 5.74) is 1.41. The molecular weight excluding hydrogens is 356 g/mol. The molecule has 156 valence electrons. The van der Waals surface area contributed by atoms with Crippen LogP contribution in [0.4, 0.5) is 5.69 Å². The van der Waals surface area contributed by atoms with E-state index in [4.69, 9.17) is 0 Å². The Hall–Kier alpha value is -2.41. The molecule has 0 aliphatic heterocycles. The third-order valence-electron chi connectivity index (χ3n) is 4.01. The molecule has 0 aliphatic rings. The molecule has 0 aliphatic carbocycles. The molecule has 7 nitrogen and oxygen atoms in total. The molecule has 28 heavy (non-hydrogen) atoms. The van der Waals surface area contributed by atoms with Gasteiger partial charge in [-0.25, -0.2) is 0 Å². The van der Waals surface area contributed by atoms with Crippen LogP contribution in [0, 0.1) is 6.92 Å². The molecule has 0 bridgehead atoms. The lowest BCUT2D eigenvalue weighted by atomic mass is 10.1. The van der Waals surface area contributed by atoms with Crippen molar-refractivity contribution < 1.29 is 14.4 Å². The summed E-state index contributed by atoms with van der Waals surface area (Å²) in [5, 5.41) is 5.73. The summed E-state index contributed by atoms with van der Waals surface area (Å²) in [6.45, 7) is 10.4. The van der Waals surface area contributed by atoms with Crippen LogP contribution in [0.3, 0.4) is 0 Å².